The summed E-state index contributed by atoms with van der Waals surface area (Å²) >= 11 is 1.41. The molecular formula is C29H33N3O5S2. The second-order valence-electron chi connectivity index (χ2n) is 9.79. The fraction of sp³-hybridized carbons (Fsp3) is 0.379. The molecule has 8 nitrogen and oxygen atoms in total. The number of amides is 1. The number of hydrogen-bond donors (Lipinski definition) is 1. The van der Waals surface area contributed by atoms with E-state index >= 15 is 0 Å². The number of anilines is 1. The van der Waals surface area contributed by atoms with Crippen LogP contribution < -0.4 is 5.32 Å². The largest absolute Gasteiger partial charge is 0.462 e. The van der Waals surface area contributed by atoms with Crippen LogP contribution in [0.2, 0.25) is 0 Å². The maximum Gasteiger partial charge on any atom is 0.341 e. The standard InChI is InChI=1S/C29H33N3O5S2/c1-3-15-31-16-14-24-25(19-31)38-28(26(24)29(34)37-4-2)30-27(33)21-9-11-23(12-10-21)39(35,36)32-17-13-20-7-5-6-8-22(20)18-32/h5-12H,3-4,13-19H2,1-2H3,(H,30,33). The number of carbonyl (C=O) groups is 2. The van der Waals surface area contributed by atoms with Crippen molar-refractivity contribution in [2.75, 3.05) is 31.6 Å². The van der Waals surface area contributed by atoms with Crippen molar-refractivity contribution in [2.24, 2.45) is 0 Å². The Kier molecular flexibility index (Phi) is 8.18. The molecule has 0 saturated heterocycles. The maximum atomic E-state index is 13.3. The molecule has 206 valence electrons. The number of benzene rings is 2. The maximum absolute atomic E-state index is 13.3. The minimum atomic E-state index is -3.70. The molecule has 2 aliphatic rings. The summed E-state index contributed by atoms with van der Waals surface area (Å²) in [6.45, 7) is 7.47. The average Bonchev–Trinajstić information content (AvgIpc) is 3.30. The van der Waals surface area contributed by atoms with Gasteiger partial charge in [0.05, 0.1) is 17.1 Å². The van der Waals surface area contributed by atoms with Gasteiger partial charge in [-0.05, 0) is 73.7 Å². The topological polar surface area (TPSA) is 96.0 Å². The summed E-state index contributed by atoms with van der Waals surface area (Å²) in [5.41, 5.74) is 3.88. The first-order valence-corrected chi connectivity index (χ1v) is 15.6. The zero-order valence-electron chi connectivity index (χ0n) is 22.2. The van der Waals surface area contributed by atoms with Crippen molar-refractivity contribution < 1.29 is 22.7 Å². The fourth-order valence-corrected chi connectivity index (χ4v) is 7.94. The number of esters is 1. The van der Waals surface area contributed by atoms with Crippen molar-refractivity contribution in [3.05, 3.63) is 81.2 Å². The van der Waals surface area contributed by atoms with Crippen molar-refractivity contribution in [1.82, 2.24) is 9.21 Å². The quantitative estimate of drug-likeness (QED) is 0.397. The molecule has 1 amide bonds. The van der Waals surface area contributed by atoms with Crippen molar-refractivity contribution in [1.29, 1.82) is 0 Å². The average molecular weight is 568 g/mol. The van der Waals surface area contributed by atoms with Gasteiger partial charge in [-0.3, -0.25) is 9.69 Å². The number of carbonyl (C=O) groups excluding carboxylic acids is 2. The summed E-state index contributed by atoms with van der Waals surface area (Å²) in [4.78, 5) is 29.6. The zero-order chi connectivity index (χ0) is 27.6. The second-order valence-corrected chi connectivity index (χ2v) is 12.8. The highest BCUT2D eigenvalue weighted by atomic mass is 32.2. The van der Waals surface area contributed by atoms with Crippen LogP contribution in [0.5, 0.6) is 0 Å². The van der Waals surface area contributed by atoms with E-state index in [0.29, 0.717) is 35.6 Å². The van der Waals surface area contributed by atoms with E-state index < -0.39 is 21.9 Å². The lowest BCUT2D eigenvalue weighted by Crippen LogP contribution is -2.35. The third kappa shape index (κ3) is 5.65. The van der Waals surface area contributed by atoms with Crippen LogP contribution in [0.4, 0.5) is 5.00 Å². The minimum absolute atomic E-state index is 0.147. The summed E-state index contributed by atoms with van der Waals surface area (Å²) < 4.78 is 33.4. The van der Waals surface area contributed by atoms with Crippen molar-refractivity contribution in [3.63, 3.8) is 0 Å². The van der Waals surface area contributed by atoms with Crippen molar-refractivity contribution in [2.45, 2.75) is 51.1 Å². The zero-order valence-corrected chi connectivity index (χ0v) is 23.9. The first-order valence-electron chi connectivity index (χ1n) is 13.3. The molecule has 39 heavy (non-hydrogen) atoms. The SMILES string of the molecule is CCCN1CCc2c(sc(NC(=O)c3ccc(S(=O)(=O)N4CCc5ccccc5C4)cc3)c2C(=O)OCC)C1. The van der Waals surface area contributed by atoms with Gasteiger partial charge in [-0.1, -0.05) is 31.2 Å². The first kappa shape index (κ1) is 27.5. The molecule has 10 heteroatoms. The molecule has 0 fully saturated rings. The molecule has 2 aromatic carbocycles. The van der Waals surface area contributed by atoms with Crippen LogP contribution in [0.15, 0.2) is 53.4 Å². The van der Waals surface area contributed by atoms with E-state index in [-0.39, 0.29) is 11.5 Å². The molecule has 0 aliphatic carbocycles. The monoisotopic (exact) mass is 567 g/mol. The second kappa shape index (κ2) is 11.6. The molecule has 0 bridgehead atoms. The van der Waals surface area contributed by atoms with Gasteiger partial charge in [0, 0.05) is 36.6 Å². The van der Waals surface area contributed by atoms with Crippen LogP contribution in [0, 0.1) is 0 Å². The van der Waals surface area contributed by atoms with Gasteiger partial charge in [-0.15, -0.1) is 11.3 Å². The Hall–Kier alpha value is -3.05. The van der Waals surface area contributed by atoms with E-state index in [1.165, 1.54) is 45.5 Å². The normalized spacial score (nSPS) is 15.8. The summed E-state index contributed by atoms with van der Waals surface area (Å²) in [5, 5.41) is 3.38. The van der Waals surface area contributed by atoms with E-state index in [9.17, 15) is 18.0 Å². The van der Waals surface area contributed by atoms with Crippen LogP contribution in [0.3, 0.4) is 0 Å². The minimum Gasteiger partial charge on any atom is -0.462 e. The van der Waals surface area contributed by atoms with Crippen LogP contribution in [0.25, 0.3) is 0 Å². The van der Waals surface area contributed by atoms with E-state index in [0.717, 1.165) is 48.5 Å². The molecule has 2 aliphatic heterocycles. The third-order valence-electron chi connectivity index (χ3n) is 7.23. The molecule has 0 spiro atoms. The fourth-order valence-electron chi connectivity index (χ4n) is 5.25. The molecule has 5 rings (SSSR count). The number of thiophene rings is 1. The van der Waals surface area contributed by atoms with Gasteiger partial charge in [0.15, 0.2) is 0 Å². The van der Waals surface area contributed by atoms with Crippen LogP contribution >= 0.6 is 11.3 Å². The number of rotatable bonds is 8. The molecule has 3 heterocycles. The van der Waals surface area contributed by atoms with Crippen LogP contribution in [0.1, 0.15) is 62.6 Å². The highest BCUT2D eigenvalue weighted by Gasteiger charge is 2.31. The third-order valence-corrected chi connectivity index (χ3v) is 10.2. The van der Waals surface area contributed by atoms with Crippen LogP contribution in [-0.4, -0.2) is 55.7 Å². The molecular weight excluding hydrogens is 534 g/mol. The number of fused-ring (bicyclic) bond motifs is 2. The Labute approximate surface area is 233 Å². The lowest BCUT2D eigenvalue weighted by Gasteiger charge is -2.28. The van der Waals surface area contributed by atoms with Gasteiger partial charge in [0.1, 0.15) is 5.00 Å². The molecule has 0 atom stereocenters. The Morgan fingerprint density at radius 1 is 0.974 bits per heavy atom. The lowest BCUT2D eigenvalue weighted by atomic mass is 10.0. The first-order chi connectivity index (χ1) is 18.8. The Bertz CT molecular complexity index is 1480. The molecule has 3 aromatic rings. The number of nitrogens with zero attached hydrogens (tertiary/aromatic N) is 2. The predicted octanol–water partition coefficient (Wildman–Crippen LogP) is 4.69. The molecule has 1 aromatic heterocycles. The van der Waals surface area contributed by atoms with Gasteiger partial charge in [-0.25, -0.2) is 13.2 Å². The Morgan fingerprint density at radius 2 is 1.72 bits per heavy atom. The summed E-state index contributed by atoms with van der Waals surface area (Å²) in [6, 6.07) is 13.8. The van der Waals surface area contributed by atoms with E-state index in [1.54, 1.807) is 6.92 Å². The van der Waals surface area contributed by atoms with Gasteiger partial charge < -0.3 is 10.1 Å². The lowest BCUT2D eigenvalue weighted by molar-refractivity contribution is 0.0526. The van der Waals surface area contributed by atoms with Crippen LogP contribution in [-0.2, 0) is 40.7 Å². The van der Waals surface area contributed by atoms with E-state index in [2.05, 4.69) is 17.1 Å². The number of sulfonamides is 1. The van der Waals surface area contributed by atoms with Gasteiger partial charge in [0.2, 0.25) is 10.0 Å². The van der Waals surface area contributed by atoms with E-state index in [4.69, 9.17) is 4.74 Å². The number of hydrogen-bond acceptors (Lipinski definition) is 7. The highest BCUT2D eigenvalue weighted by molar-refractivity contribution is 7.89. The Balaban J connectivity index is 1.34. The molecule has 0 saturated carbocycles. The Morgan fingerprint density at radius 3 is 2.44 bits per heavy atom. The van der Waals surface area contributed by atoms with E-state index in [1.807, 2.05) is 24.3 Å². The summed E-state index contributed by atoms with van der Waals surface area (Å²) in [6.07, 6.45) is 2.44. The van der Waals surface area contributed by atoms with Crippen molar-refractivity contribution >= 4 is 38.2 Å². The smallest absolute Gasteiger partial charge is 0.341 e. The predicted molar refractivity (Wildman–Crippen MR) is 152 cm³/mol. The molecule has 1 N–H and O–H groups in total. The number of nitrogens with one attached hydrogen (secondary N) is 1. The molecule has 0 unspecified atom stereocenters. The summed E-state index contributed by atoms with van der Waals surface area (Å²) in [7, 11) is -3.70. The highest BCUT2D eigenvalue weighted by Crippen LogP contribution is 2.38. The molecule has 0 radical (unpaired) electrons. The van der Waals surface area contributed by atoms with Gasteiger partial charge in [0.25, 0.3) is 5.91 Å². The number of ether oxygens (including phenoxy) is 1. The summed E-state index contributed by atoms with van der Waals surface area (Å²) in [5.74, 6) is -0.834. The van der Waals surface area contributed by atoms with Crippen molar-refractivity contribution in [3.8, 4) is 0 Å². The van der Waals surface area contributed by atoms with Gasteiger partial charge >= 0.3 is 5.97 Å². The van der Waals surface area contributed by atoms with Gasteiger partial charge in [-0.2, -0.15) is 4.31 Å².